The summed E-state index contributed by atoms with van der Waals surface area (Å²) in [5.74, 6) is 0. The normalized spacial score (nSPS) is 9.67. The molecule has 4 heteroatoms. The summed E-state index contributed by atoms with van der Waals surface area (Å²) < 4.78 is 0. The first kappa shape index (κ1) is 25.1. The van der Waals surface area contributed by atoms with Gasteiger partial charge >= 0.3 is 53.5 Å². The van der Waals surface area contributed by atoms with Gasteiger partial charge in [-0.25, -0.2) is 12.1 Å². The number of hydrogen-bond donors (Lipinski definition) is 0. The molecular weight excluding hydrogens is 503 g/mol. The number of hydrogen-bond acceptors (Lipinski definition) is 0. The van der Waals surface area contributed by atoms with Crippen molar-refractivity contribution in [3.63, 3.8) is 0 Å². The summed E-state index contributed by atoms with van der Waals surface area (Å²) in [5.41, 5.74) is 7.65. The van der Waals surface area contributed by atoms with Gasteiger partial charge in [0.25, 0.3) is 0 Å². The Morgan fingerprint density at radius 1 is 0.633 bits per heavy atom. The molecule has 0 saturated heterocycles. The smallest absolute Gasteiger partial charge is 0.0623 e. The van der Waals surface area contributed by atoms with E-state index in [9.17, 15) is 0 Å². The monoisotopic (exact) mass is 528 g/mol. The molecule has 0 spiro atoms. The summed E-state index contributed by atoms with van der Waals surface area (Å²) in [4.78, 5) is 0. The summed E-state index contributed by atoms with van der Waals surface area (Å²) in [6.45, 7) is 8.57. The molecule has 0 aliphatic heterocycles. The van der Waals surface area contributed by atoms with E-state index in [1.165, 1.54) is 33.4 Å². The average molecular weight is 531 g/mol. The van der Waals surface area contributed by atoms with E-state index in [1.807, 2.05) is 12.1 Å². The molecule has 0 atom stereocenters. The first-order valence-electron chi connectivity index (χ1n) is 9.93. The Balaban J connectivity index is 0.000000171. The second kappa shape index (κ2) is 13.3. The summed E-state index contributed by atoms with van der Waals surface area (Å²) >= 11 is -1.65. The zero-order valence-corrected chi connectivity index (χ0v) is 23.0. The first-order chi connectivity index (χ1) is 14.4. The van der Waals surface area contributed by atoms with E-state index in [0.29, 0.717) is 0 Å². The van der Waals surface area contributed by atoms with Crippen LogP contribution >= 0.6 is 17.0 Å². The molecule has 0 fully saturated rings. The van der Waals surface area contributed by atoms with Crippen LogP contribution in [0.3, 0.4) is 0 Å². The van der Waals surface area contributed by atoms with Crippen LogP contribution in [-0.2, 0) is 18.0 Å². The molecule has 0 radical (unpaired) electrons. The summed E-state index contributed by atoms with van der Waals surface area (Å²) in [5, 5.41) is 0. The van der Waals surface area contributed by atoms with Crippen LogP contribution in [0.4, 0.5) is 0 Å². The fraction of sp³-hybridized carbons (Fsp3) is 0.154. The van der Waals surface area contributed by atoms with Gasteiger partial charge in [0.05, 0.1) is 0 Å². The van der Waals surface area contributed by atoms with E-state index in [2.05, 4.69) is 112 Å². The van der Waals surface area contributed by atoms with E-state index >= 15 is 0 Å². The molecule has 0 heterocycles. The van der Waals surface area contributed by atoms with Gasteiger partial charge in [-0.1, -0.05) is 85.6 Å². The van der Waals surface area contributed by atoms with Crippen molar-refractivity contribution in [2.75, 3.05) is 0 Å². The summed E-state index contributed by atoms with van der Waals surface area (Å²) in [6, 6.07) is 33.9. The summed E-state index contributed by atoms with van der Waals surface area (Å²) in [7, 11) is 11.2. The maximum atomic E-state index is 5.62. The molecule has 4 rings (SSSR count). The third-order valence-electron chi connectivity index (χ3n) is 4.41. The Bertz CT molecular complexity index is 953. The van der Waals surface area contributed by atoms with Crippen LogP contribution < -0.4 is 0 Å². The molecule has 0 aliphatic rings. The Labute approximate surface area is 196 Å². The van der Waals surface area contributed by atoms with Crippen molar-refractivity contribution in [2.45, 2.75) is 26.9 Å². The Hall–Kier alpha value is -1.18. The molecule has 0 unspecified atom stereocenters. The number of aryl methyl sites for hydroxylation is 2. The van der Waals surface area contributed by atoms with Crippen molar-refractivity contribution < 1.29 is 18.0 Å². The topological polar surface area (TPSA) is 0 Å². The maximum Gasteiger partial charge on any atom is -0.0623 e. The van der Waals surface area contributed by atoms with E-state index in [0.717, 1.165) is 0 Å². The van der Waals surface area contributed by atoms with Crippen molar-refractivity contribution in [3.8, 4) is 22.3 Å². The van der Waals surface area contributed by atoms with Crippen LogP contribution in [0.1, 0.15) is 11.1 Å². The standard InChI is InChI=1S/2C12H11.C2H6Si.2ClH.Zr/c2*1-10-7-8-12(9-10)11-5-3-2-4-6-11;1-3-2;;;/h2*2-9H,1H3;1-2H3;2*1H;/q2*-1;;;;+2/p-2. The fourth-order valence-corrected chi connectivity index (χ4v) is 2.75. The van der Waals surface area contributed by atoms with Crippen LogP contribution in [-0.4, -0.2) is 5.43 Å². The molecule has 4 aromatic carbocycles. The average Bonchev–Trinajstić information content (AvgIpc) is 3.39. The molecule has 0 saturated carbocycles. The number of benzene rings is 2. The predicted molar refractivity (Wildman–Crippen MR) is 134 cm³/mol. The van der Waals surface area contributed by atoms with Crippen LogP contribution in [0, 0.1) is 13.8 Å². The fourth-order valence-electron chi connectivity index (χ4n) is 2.75. The maximum absolute atomic E-state index is 5.62. The largest absolute Gasteiger partial charge is 0.203 e. The van der Waals surface area contributed by atoms with Crippen LogP contribution in [0.2, 0.25) is 13.1 Å². The van der Waals surface area contributed by atoms with Crippen molar-refractivity contribution >= 4 is 22.5 Å². The SMILES string of the molecule is C[Si](C)=[Zr]([Cl])[Cl].Cc1cc(-c2ccccc2)c[cH-]1.Cc1cc(-c2ccccc2)c[cH-]1. The third kappa shape index (κ3) is 8.90. The van der Waals surface area contributed by atoms with E-state index in [-0.39, 0.29) is 5.43 Å². The van der Waals surface area contributed by atoms with Gasteiger partial charge in [-0.2, -0.15) is 46.5 Å². The van der Waals surface area contributed by atoms with Gasteiger partial charge in [0, 0.05) is 0 Å². The third-order valence-corrected chi connectivity index (χ3v) is 24.2. The molecule has 0 nitrogen and oxygen atoms in total. The van der Waals surface area contributed by atoms with Crippen molar-refractivity contribution in [1.82, 2.24) is 0 Å². The minimum absolute atomic E-state index is 0.224. The van der Waals surface area contributed by atoms with Crippen molar-refractivity contribution in [3.05, 3.63) is 108 Å². The van der Waals surface area contributed by atoms with Crippen LogP contribution in [0.5, 0.6) is 0 Å². The molecule has 0 N–H and O–H groups in total. The van der Waals surface area contributed by atoms with E-state index < -0.39 is 18.0 Å². The molecule has 0 aromatic heterocycles. The summed E-state index contributed by atoms with van der Waals surface area (Å²) in [6.07, 6.45) is 0. The van der Waals surface area contributed by atoms with Gasteiger partial charge in [-0.15, -0.1) is 0 Å². The van der Waals surface area contributed by atoms with Gasteiger partial charge < -0.3 is 0 Å². The van der Waals surface area contributed by atoms with Gasteiger partial charge in [-0.3, -0.25) is 0 Å². The number of halogens is 2. The molecule has 4 aromatic rings. The zero-order valence-electron chi connectivity index (χ0n) is 18.0. The molecular formula is C26H28Cl2SiZr-2. The zero-order chi connectivity index (χ0) is 21.9. The minimum atomic E-state index is -1.65. The minimum Gasteiger partial charge on any atom is -0.203 e. The number of rotatable bonds is 2. The van der Waals surface area contributed by atoms with Gasteiger partial charge in [0.2, 0.25) is 0 Å². The van der Waals surface area contributed by atoms with Crippen molar-refractivity contribution in [1.29, 1.82) is 0 Å². The Morgan fingerprint density at radius 3 is 1.20 bits per heavy atom. The second-order valence-electron chi connectivity index (χ2n) is 7.35. The quantitative estimate of drug-likeness (QED) is 0.179. The van der Waals surface area contributed by atoms with Crippen molar-refractivity contribution in [2.24, 2.45) is 0 Å². The Kier molecular flexibility index (Phi) is 11.1. The predicted octanol–water partition coefficient (Wildman–Crippen LogP) is 8.93. The molecule has 0 amide bonds. The molecule has 156 valence electrons. The Morgan fingerprint density at radius 2 is 0.967 bits per heavy atom. The van der Waals surface area contributed by atoms with Gasteiger partial charge in [0.15, 0.2) is 0 Å². The first-order valence-corrected chi connectivity index (χ1v) is 22.4. The molecule has 0 aliphatic carbocycles. The second-order valence-corrected chi connectivity index (χ2v) is 30.3. The van der Waals surface area contributed by atoms with Crippen LogP contribution in [0.25, 0.3) is 22.3 Å². The molecule has 30 heavy (non-hydrogen) atoms. The van der Waals surface area contributed by atoms with E-state index in [1.54, 1.807) is 0 Å². The van der Waals surface area contributed by atoms with E-state index in [4.69, 9.17) is 17.0 Å². The van der Waals surface area contributed by atoms with Crippen LogP contribution in [0.15, 0.2) is 97.1 Å². The van der Waals surface area contributed by atoms with Gasteiger partial charge in [0.1, 0.15) is 0 Å². The molecule has 0 bridgehead atoms. The van der Waals surface area contributed by atoms with Gasteiger partial charge in [-0.05, 0) is 0 Å².